The first kappa shape index (κ1) is 22.6. The van der Waals surface area contributed by atoms with Gasteiger partial charge in [0.1, 0.15) is 0 Å². The van der Waals surface area contributed by atoms with E-state index in [-0.39, 0.29) is 24.0 Å². The van der Waals surface area contributed by atoms with E-state index in [2.05, 4.69) is 29.6 Å². The monoisotopic (exact) mass is 416 g/mol. The fourth-order valence-electron chi connectivity index (χ4n) is 4.19. The van der Waals surface area contributed by atoms with E-state index in [0.717, 1.165) is 19.3 Å². The number of aryl methyl sites for hydroxylation is 1. The van der Waals surface area contributed by atoms with Crippen molar-refractivity contribution in [1.82, 2.24) is 10.2 Å². The zero-order valence-electron chi connectivity index (χ0n) is 18.4. The number of benzene rings is 1. The van der Waals surface area contributed by atoms with Crippen molar-refractivity contribution in [2.45, 2.75) is 58.5 Å². The highest BCUT2D eigenvalue weighted by atomic mass is 16.6. The van der Waals surface area contributed by atoms with Gasteiger partial charge >= 0.3 is 6.09 Å². The summed E-state index contributed by atoms with van der Waals surface area (Å²) in [7, 11) is 0. The average Bonchev–Trinajstić information content (AvgIpc) is 2.77. The molecule has 0 spiro atoms. The van der Waals surface area contributed by atoms with Gasteiger partial charge in [-0.1, -0.05) is 38.1 Å². The average molecular weight is 417 g/mol. The van der Waals surface area contributed by atoms with Gasteiger partial charge in [0.2, 0.25) is 5.91 Å². The van der Waals surface area contributed by atoms with Crippen LogP contribution in [0.25, 0.3) is 0 Å². The smallest absolute Gasteiger partial charge is 0.409 e. The van der Waals surface area contributed by atoms with Crippen LogP contribution in [0.4, 0.5) is 4.79 Å². The first-order valence-electron chi connectivity index (χ1n) is 11.4. The highest BCUT2D eigenvalue weighted by Gasteiger charge is 2.28. The van der Waals surface area contributed by atoms with E-state index >= 15 is 0 Å². The predicted molar refractivity (Wildman–Crippen MR) is 116 cm³/mol. The Kier molecular flexibility index (Phi) is 8.55. The number of piperidine rings is 1. The Morgan fingerprint density at radius 3 is 2.70 bits per heavy atom. The summed E-state index contributed by atoms with van der Waals surface area (Å²) < 4.78 is 11.4. The van der Waals surface area contributed by atoms with Crippen LogP contribution in [0.3, 0.4) is 0 Å². The first-order valence-corrected chi connectivity index (χ1v) is 11.4. The van der Waals surface area contributed by atoms with Crippen molar-refractivity contribution < 1.29 is 19.1 Å². The van der Waals surface area contributed by atoms with Crippen LogP contribution in [0.1, 0.15) is 63.2 Å². The highest BCUT2D eigenvalue weighted by molar-refractivity contribution is 5.79. The summed E-state index contributed by atoms with van der Waals surface area (Å²) in [5.74, 6) is 0.396. The largest absolute Gasteiger partial charge is 0.449 e. The summed E-state index contributed by atoms with van der Waals surface area (Å²) in [4.78, 5) is 26.2. The number of nitrogens with one attached hydrogen (secondary N) is 1. The second-order valence-electron chi connectivity index (χ2n) is 8.83. The van der Waals surface area contributed by atoms with E-state index in [1.165, 1.54) is 17.5 Å². The summed E-state index contributed by atoms with van der Waals surface area (Å²) in [6, 6.07) is 8.54. The zero-order chi connectivity index (χ0) is 21.3. The van der Waals surface area contributed by atoms with Gasteiger partial charge < -0.3 is 19.7 Å². The molecular formula is C24H36N2O4. The van der Waals surface area contributed by atoms with Crippen molar-refractivity contribution in [3.8, 4) is 0 Å². The number of ether oxygens (including phenoxy) is 2. The van der Waals surface area contributed by atoms with Gasteiger partial charge in [0.25, 0.3) is 0 Å². The van der Waals surface area contributed by atoms with Gasteiger partial charge in [0.15, 0.2) is 0 Å². The van der Waals surface area contributed by atoms with E-state index in [4.69, 9.17) is 9.47 Å². The molecule has 0 aromatic heterocycles. The quantitative estimate of drug-likeness (QED) is 0.648. The lowest BCUT2D eigenvalue weighted by Gasteiger charge is -2.30. The second-order valence-corrected chi connectivity index (χ2v) is 8.83. The number of amides is 2. The molecule has 166 valence electrons. The lowest BCUT2D eigenvalue weighted by atomic mass is 9.89. The van der Waals surface area contributed by atoms with Gasteiger partial charge in [-0.05, 0) is 55.6 Å². The standard InChI is InChI=1S/C24H36N2O4/c1-18(2)17-30-24(28)26-14-11-20(12-15-26)23(27)25-13-6-16-29-22-10-5-8-19-7-3-4-9-21(19)22/h3-4,7,9,18,20,22H,5-6,8,10-17H2,1-2H3,(H,25,27). The van der Waals surface area contributed by atoms with Crippen LogP contribution in [0.15, 0.2) is 24.3 Å². The number of carbonyl (C=O) groups is 2. The Morgan fingerprint density at radius 1 is 1.17 bits per heavy atom. The SMILES string of the molecule is CC(C)COC(=O)N1CCC(C(=O)NCCCOC2CCCc3ccccc32)CC1. The highest BCUT2D eigenvalue weighted by Crippen LogP contribution is 2.32. The molecule has 1 aliphatic heterocycles. The van der Waals surface area contributed by atoms with Gasteiger partial charge in [0.05, 0.1) is 12.7 Å². The predicted octanol–water partition coefficient (Wildman–Crippen LogP) is 4.09. The second kappa shape index (κ2) is 11.3. The van der Waals surface area contributed by atoms with Crippen LogP contribution >= 0.6 is 0 Å². The van der Waals surface area contributed by atoms with Crippen molar-refractivity contribution in [2.24, 2.45) is 11.8 Å². The van der Waals surface area contributed by atoms with Crippen molar-refractivity contribution in [3.05, 3.63) is 35.4 Å². The van der Waals surface area contributed by atoms with Gasteiger partial charge in [0, 0.05) is 32.2 Å². The molecule has 1 aliphatic carbocycles. The summed E-state index contributed by atoms with van der Waals surface area (Å²) in [6.07, 6.45) is 5.50. The molecule has 3 rings (SSSR count). The van der Waals surface area contributed by atoms with Crippen LogP contribution in [0, 0.1) is 11.8 Å². The molecule has 2 aliphatic rings. The minimum Gasteiger partial charge on any atom is -0.449 e. The minimum absolute atomic E-state index is 0.0229. The molecule has 1 aromatic carbocycles. The Morgan fingerprint density at radius 2 is 1.93 bits per heavy atom. The zero-order valence-corrected chi connectivity index (χ0v) is 18.4. The van der Waals surface area contributed by atoms with E-state index in [1.807, 2.05) is 13.8 Å². The normalized spacial score (nSPS) is 19.4. The van der Waals surface area contributed by atoms with Crippen LogP contribution in [0.2, 0.25) is 0 Å². The van der Waals surface area contributed by atoms with Crippen molar-refractivity contribution in [3.63, 3.8) is 0 Å². The Hall–Kier alpha value is -2.08. The molecule has 1 heterocycles. The Balaban J connectivity index is 1.29. The molecule has 1 unspecified atom stereocenters. The molecule has 1 N–H and O–H groups in total. The third-order valence-electron chi connectivity index (χ3n) is 5.92. The maximum absolute atomic E-state index is 12.4. The van der Waals surface area contributed by atoms with Crippen LogP contribution in [-0.2, 0) is 20.7 Å². The summed E-state index contributed by atoms with van der Waals surface area (Å²) in [5, 5.41) is 3.04. The van der Waals surface area contributed by atoms with Crippen molar-refractivity contribution >= 4 is 12.0 Å². The number of rotatable bonds is 8. The summed E-state index contributed by atoms with van der Waals surface area (Å²) in [6.45, 7) is 6.92. The topological polar surface area (TPSA) is 67.9 Å². The van der Waals surface area contributed by atoms with E-state index in [9.17, 15) is 9.59 Å². The van der Waals surface area contributed by atoms with Crippen LogP contribution in [-0.4, -0.2) is 49.7 Å². The molecule has 30 heavy (non-hydrogen) atoms. The first-order chi connectivity index (χ1) is 14.5. The molecule has 0 bridgehead atoms. The number of carbonyl (C=O) groups excluding carboxylic acids is 2. The lowest BCUT2D eigenvalue weighted by Crippen LogP contribution is -2.43. The number of hydrogen-bond acceptors (Lipinski definition) is 4. The fraction of sp³-hybridized carbons (Fsp3) is 0.667. The summed E-state index contributed by atoms with van der Waals surface area (Å²) in [5.41, 5.74) is 2.73. The van der Waals surface area contributed by atoms with Crippen molar-refractivity contribution in [1.29, 1.82) is 0 Å². The number of fused-ring (bicyclic) bond motifs is 1. The number of hydrogen-bond donors (Lipinski definition) is 1. The van der Waals surface area contributed by atoms with E-state index in [0.29, 0.717) is 51.6 Å². The molecule has 0 saturated carbocycles. The molecule has 1 saturated heterocycles. The molecule has 1 aromatic rings. The lowest BCUT2D eigenvalue weighted by molar-refractivity contribution is -0.126. The number of nitrogens with zero attached hydrogens (tertiary/aromatic N) is 1. The molecule has 1 atom stereocenters. The minimum atomic E-state index is -0.260. The Labute approximate surface area is 180 Å². The Bertz CT molecular complexity index is 698. The summed E-state index contributed by atoms with van der Waals surface area (Å²) >= 11 is 0. The van der Waals surface area contributed by atoms with Gasteiger partial charge in [-0.2, -0.15) is 0 Å². The van der Waals surface area contributed by atoms with Gasteiger partial charge in [-0.25, -0.2) is 4.79 Å². The molecule has 1 fully saturated rings. The molecule has 6 nitrogen and oxygen atoms in total. The maximum atomic E-state index is 12.4. The third-order valence-corrected chi connectivity index (χ3v) is 5.92. The van der Waals surface area contributed by atoms with E-state index in [1.54, 1.807) is 4.90 Å². The molecular weight excluding hydrogens is 380 g/mol. The van der Waals surface area contributed by atoms with Crippen LogP contribution in [0.5, 0.6) is 0 Å². The molecule has 6 heteroatoms. The van der Waals surface area contributed by atoms with Crippen LogP contribution < -0.4 is 5.32 Å². The molecule has 0 radical (unpaired) electrons. The third kappa shape index (κ3) is 6.46. The maximum Gasteiger partial charge on any atom is 0.409 e. The van der Waals surface area contributed by atoms with Gasteiger partial charge in [-0.3, -0.25) is 4.79 Å². The molecule has 2 amide bonds. The van der Waals surface area contributed by atoms with Gasteiger partial charge in [-0.15, -0.1) is 0 Å². The number of likely N-dealkylation sites (tertiary alicyclic amines) is 1. The van der Waals surface area contributed by atoms with Crippen molar-refractivity contribution in [2.75, 3.05) is 32.8 Å². The fourth-order valence-corrected chi connectivity index (χ4v) is 4.19. The van der Waals surface area contributed by atoms with E-state index < -0.39 is 0 Å².